The lowest BCUT2D eigenvalue weighted by Crippen LogP contribution is -1.97. The second kappa shape index (κ2) is 7.38. The topological polar surface area (TPSA) is 33.0 Å². The molecular weight excluding hydrogens is 245 g/mol. The van der Waals surface area contributed by atoms with E-state index < -0.39 is 0 Å². The van der Waals surface area contributed by atoms with Crippen LogP contribution in [-0.2, 0) is 0 Å². The molecule has 2 nitrogen and oxygen atoms in total. The van der Waals surface area contributed by atoms with Gasteiger partial charge in [-0.3, -0.25) is 0 Å². The number of halogens is 2. The summed E-state index contributed by atoms with van der Waals surface area (Å²) in [6.07, 6.45) is 3.47. The van der Waals surface area contributed by atoms with Gasteiger partial charge in [0.2, 0.25) is 0 Å². The summed E-state index contributed by atoms with van der Waals surface area (Å²) in [6, 6.07) is 7.29. The van der Waals surface area contributed by atoms with Crippen molar-refractivity contribution in [1.82, 2.24) is 0 Å². The number of rotatable bonds is 6. The molecule has 0 saturated carbocycles. The van der Waals surface area contributed by atoms with E-state index in [1.807, 2.05) is 0 Å². The molecule has 0 radical (unpaired) electrons. The van der Waals surface area contributed by atoms with E-state index in [9.17, 15) is 0 Å². The van der Waals surface area contributed by atoms with Gasteiger partial charge in [0.05, 0.1) is 17.7 Å². The maximum atomic E-state index is 8.35. The molecule has 0 aromatic heterocycles. The molecule has 1 aromatic carbocycles. The number of ether oxygens (including phenoxy) is 1. The van der Waals surface area contributed by atoms with E-state index in [1.165, 1.54) is 0 Å². The van der Waals surface area contributed by atoms with Gasteiger partial charge in [-0.05, 0) is 37.5 Å². The maximum absolute atomic E-state index is 8.35. The summed E-state index contributed by atoms with van der Waals surface area (Å²) in [7, 11) is 0. The largest absolute Gasteiger partial charge is 0.492 e. The van der Waals surface area contributed by atoms with Crippen molar-refractivity contribution in [1.29, 1.82) is 5.26 Å². The predicted octanol–water partition coefficient (Wildman–Crippen LogP) is 4.46. The highest BCUT2D eigenvalue weighted by Gasteiger charge is 2.01. The predicted molar refractivity (Wildman–Crippen MR) is 66.0 cm³/mol. The Labute approximate surface area is 106 Å². The van der Waals surface area contributed by atoms with Crippen molar-refractivity contribution in [2.75, 3.05) is 6.61 Å². The van der Waals surface area contributed by atoms with Gasteiger partial charge in [0, 0.05) is 11.4 Å². The van der Waals surface area contributed by atoms with Crippen LogP contribution in [0.5, 0.6) is 5.75 Å². The lowest BCUT2D eigenvalue weighted by atomic mass is 10.2. The van der Waals surface area contributed by atoms with Gasteiger partial charge in [-0.2, -0.15) is 5.26 Å². The summed E-state index contributed by atoms with van der Waals surface area (Å²) in [4.78, 5) is 0. The summed E-state index contributed by atoms with van der Waals surface area (Å²) in [6.45, 7) is 0.618. The maximum Gasteiger partial charge on any atom is 0.137 e. The summed E-state index contributed by atoms with van der Waals surface area (Å²) in [5.74, 6) is 0.659. The third-order valence-electron chi connectivity index (χ3n) is 2.08. The Balaban J connectivity index is 2.25. The van der Waals surface area contributed by atoms with Crippen LogP contribution in [-0.4, -0.2) is 6.61 Å². The molecule has 0 atom stereocenters. The molecule has 4 heteroatoms. The fourth-order valence-corrected chi connectivity index (χ4v) is 1.72. The second-order valence-corrected chi connectivity index (χ2v) is 4.24. The van der Waals surface area contributed by atoms with Crippen molar-refractivity contribution in [3.63, 3.8) is 0 Å². The standard InChI is InChI=1S/C12H13Cl2NO/c13-10-5-6-12(11(14)9-10)16-8-4-2-1-3-7-15/h5-6,9H,1-4,8H2. The lowest BCUT2D eigenvalue weighted by molar-refractivity contribution is 0.306. The van der Waals surface area contributed by atoms with Crippen molar-refractivity contribution in [3.05, 3.63) is 28.2 Å². The average molecular weight is 258 g/mol. The van der Waals surface area contributed by atoms with Gasteiger partial charge in [0.15, 0.2) is 0 Å². The van der Waals surface area contributed by atoms with E-state index >= 15 is 0 Å². The number of nitrogens with zero attached hydrogens (tertiary/aromatic N) is 1. The highest BCUT2D eigenvalue weighted by atomic mass is 35.5. The van der Waals surface area contributed by atoms with Gasteiger partial charge in [-0.25, -0.2) is 0 Å². The molecular formula is C12H13Cl2NO. The minimum Gasteiger partial charge on any atom is -0.492 e. The van der Waals surface area contributed by atoms with Gasteiger partial charge in [0.25, 0.3) is 0 Å². The molecule has 0 fully saturated rings. The molecule has 0 unspecified atom stereocenters. The molecule has 1 aromatic rings. The van der Waals surface area contributed by atoms with Gasteiger partial charge in [0.1, 0.15) is 5.75 Å². The van der Waals surface area contributed by atoms with Crippen molar-refractivity contribution in [2.45, 2.75) is 25.7 Å². The molecule has 0 aliphatic heterocycles. The highest BCUT2D eigenvalue weighted by molar-refractivity contribution is 6.35. The zero-order chi connectivity index (χ0) is 11.8. The van der Waals surface area contributed by atoms with Crippen LogP contribution in [0.15, 0.2) is 18.2 Å². The van der Waals surface area contributed by atoms with Gasteiger partial charge >= 0.3 is 0 Å². The zero-order valence-corrected chi connectivity index (χ0v) is 10.4. The Morgan fingerprint density at radius 3 is 2.69 bits per heavy atom. The SMILES string of the molecule is N#CCCCCCOc1ccc(Cl)cc1Cl. The molecule has 86 valence electrons. The first-order valence-corrected chi connectivity index (χ1v) is 5.94. The fraction of sp³-hybridized carbons (Fsp3) is 0.417. The Bertz CT molecular complexity index is 374. The minimum absolute atomic E-state index is 0.532. The van der Waals surface area contributed by atoms with E-state index in [4.69, 9.17) is 33.2 Å². The van der Waals surface area contributed by atoms with E-state index in [2.05, 4.69) is 6.07 Å². The van der Waals surface area contributed by atoms with E-state index in [-0.39, 0.29) is 0 Å². The van der Waals surface area contributed by atoms with Crippen LogP contribution in [0.3, 0.4) is 0 Å². The molecule has 0 N–H and O–H groups in total. The van der Waals surface area contributed by atoms with Crippen LogP contribution in [0.2, 0.25) is 10.0 Å². The first-order chi connectivity index (χ1) is 7.74. The third kappa shape index (κ3) is 4.74. The first-order valence-electron chi connectivity index (χ1n) is 5.19. The van der Waals surface area contributed by atoms with Crippen LogP contribution < -0.4 is 4.74 Å². The van der Waals surface area contributed by atoms with Gasteiger partial charge < -0.3 is 4.74 Å². The lowest BCUT2D eigenvalue weighted by Gasteiger charge is -2.07. The third-order valence-corrected chi connectivity index (χ3v) is 2.61. The molecule has 0 aliphatic carbocycles. The molecule has 0 aliphatic rings. The van der Waals surface area contributed by atoms with Crippen LogP contribution >= 0.6 is 23.2 Å². The summed E-state index contributed by atoms with van der Waals surface area (Å²) >= 11 is 11.7. The Morgan fingerprint density at radius 1 is 1.19 bits per heavy atom. The molecule has 0 saturated heterocycles. The van der Waals surface area contributed by atoms with E-state index in [0.717, 1.165) is 19.3 Å². The number of nitriles is 1. The van der Waals surface area contributed by atoms with Gasteiger partial charge in [-0.1, -0.05) is 23.2 Å². The van der Waals surface area contributed by atoms with E-state index in [0.29, 0.717) is 28.8 Å². The van der Waals surface area contributed by atoms with E-state index in [1.54, 1.807) is 18.2 Å². The number of unbranched alkanes of at least 4 members (excludes halogenated alkanes) is 3. The molecule has 0 heterocycles. The van der Waals surface area contributed by atoms with Crippen molar-refractivity contribution in [3.8, 4) is 11.8 Å². The molecule has 0 bridgehead atoms. The number of benzene rings is 1. The van der Waals surface area contributed by atoms with Crippen LogP contribution in [0.4, 0.5) is 0 Å². The Morgan fingerprint density at radius 2 is 2.00 bits per heavy atom. The minimum atomic E-state index is 0.532. The summed E-state index contributed by atoms with van der Waals surface area (Å²) < 4.78 is 5.50. The quantitative estimate of drug-likeness (QED) is 0.706. The summed E-state index contributed by atoms with van der Waals surface area (Å²) in [5, 5.41) is 9.49. The normalized spacial score (nSPS) is 9.81. The molecule has 0 amide bonds. The monoisotopic (exact) mass is 257 g/mol. The number of hydrogen-bond acceptors (Lipinski definition) is 2. The smallest absolute Gasteiger partial charge is 0.137 e. The molecule has 1 rings (SSSR count). The highest BCUT2D eigenvalue weighted by Crippen LogP contribution is 2.27. The van der Waals surface area contributed by atoms with Crippen molar-refractivity contribution < 1.29 is 4.74 Å². The van der Waals surface area contributed by atoms with Crippen LogP contribution in [0.1, 0.15) is 25.7 Å². The second-order valence-electron chi connectivity index (χ2n) is 3.39. The van der Waals surface area contributed by atoms with Crippen molar-refractivity contribution in [2.24, 2.45) is 0 Å². The van der Waals surface area contributed by atoms with Crippen LogP contribution in [0.25, 0.3) is 0 Å². The summed E-state index contributed by atoms with van der Waals surface area (Å²) in [5.41, 5.74) is 0. The zero-order valence-electron chi connectivity index (χ0n) is 8.88. The number of hydrogen-bond donors (Lipinski definition) is 0. The average Bonchev–Trinajstić information content (AvgIpc) is 2.26. The van der Waals surface area contributed by atoms with Crippen LogP contribution in [0, 0.1) is 11.3 Å². The molecule has 16 heavy (non-hydrogen) atoms. The fourth-order valence-electron chi connectivity index (χ4n) is 1.26. The Hall–Kier alpha value is -0.910. The Kier molecular flexibility index (Phi) is 6.07. The van der Waals surface area contributed by atoms with Gasteiger partial charge in [-0.15, -0.1) is 0 Å². The molecule has 0 spiro atoms. The first kappa shape index (κ1) is 13.2. The van der Waals surface area contributed by atoms with Crippen molar-refractivity contribution >= 4 is 23.2 Å².